The van der Waals surface area contributed by atoms with Gasteiger partial charge in [-0.3, -0.25) is 0 Å². The van der Waals surface area contributed by atoms with Gasteiger partial charge in [0.05, 0.1) is 6.61 Å². The summed E-state index contributed by atoms with van der Waals surface area (Å²) in [5.74, 6) is 0.486. The Morgan fingerprint density at radius 2 is 2.00 bits per heavy atom. The van der Waals surface area contributed by atoms with Gasteiger partial charge in [0.15, 0.2) is 0 Å². The maximum Gasteiger partial charge on any atom is 0.123 e. The first-order chi connectivity index (χ1) is 6.33. The maximum absolute atomic E-state index is 12.5. The minimum absolute atomic E-state index is 0.234. The molecule has 0 bridgehead atoms. The third kappa shape index (κ3) is 3.90. The maximum atomic E-state index is 12.5. The summed E-state index contributed by atoms with van der Waals surface area (Å²) in [6.07, 6.45) is 0.952. The van der Waals surface area contributed by atoms with Gasteiger partial charge < -0.3 is 10.1 Å². The largest absolute Gasteiger partial charge is 0.494 e. The first-order valence-electron chi connectivity index (χ1n) is 4.36. The summed E-state index contributed by atoms with van der Waals surface area (Å²) in [7, 11) is 1.90. The Morgan fingerprint density at radius 3 is 2.62 bits per heavy atom. The molecule has 1 aromatic carbocycles. The minimum Gasteiger partial charge on any atom is -0.494 e. The van der Waals surface area contributed by atoms with Crippen molar-refractivity contribution in [2.45, 2.75) is 6.42 Å². The lowest BCUT2D eigenvalue weighted by atomic mass is 10.3. The van der Waals surface area contributed by atoms with E-state index in [1.54, 1.807) is 12.1 Å². The van der Waals surface area contributed by atoms with Gasteiger partial charge in [-0.15, -0.1) is 0 Å². The first kappa shape index (κ1) is 9.99. The molecule has 0 saturated carbocycles. The number of hydrogen-bond acceptors (Lipinski definition) is 2. The van der Waals surface area contributed by atoms with Crippen LogP contribution in [0, 0.1) is 5.82 Å². The Morgan fingerprint density at radius 1 is 1.31 bits per heavy atom. The van der Waals surface area contributed by atoms with Crippen LogP contribution >= 0.6 is 0 Å². The van der Waals surface area contributed by atoms with Crippen molar-refractivity contribution < 1.29 is 9.13 Å². The van der Waals surface area contributed by atoms with Crippen LogP contribution in [0.1, 0.15) is 6.42 Å². The third-order valence-corrected chi connectivity index (χ3v) is 1.65. The number of hydrogen-bond donors (Lipinski definition) is 1. The molecular weight excluding hydrogens is 169 g/mol. The highest BCUT2D eigenvalue weighted by Crippen LogP contribution is 2.10. The smallest absolute Gasteiger partial charge is 0.123 e. The van der Waals surface area contributed by atoms with Crippen LogP contribution in [0.5, 0.6) is 5.75 Å². The fourth-order valence-electron chi connectivity index (χ4n) is 0.970. The van der Waals surface area contributed by atoms with E-state index in [1.165, 1.54) is 12.1 Å². The zero-order valence-corrected chi connectivity index (χ0v) is 7.72. The van der Waals surface area contributed by atoms with Crippen LogP contribution < -0.4 is 10.1 Å². The van der Waals surface area contributed by atoms with Crippen molar-refractivity contribution in [2.24, 2.45) is 0 Å². The van der Waals surface area contributed by atoms with E-state index < -0.39 is 0 Å². The Kier molecular flexibility index (Phi) is 4.26. The molecule has 0 spiro atoms. The van der Waals surface area contributed by atoms with Crippen molar-refractivity contribution in [3.8, 4) is 5.75 Å². The van der Waals surface area contributed by atoms with E-state index in [1.807, 2.05) is 7.05 Å². The summed E-state index contributed by atoms with van der Waals surface area (Å²) in [4.78, 5) is 0. The van der Waals surface area contributed by atoms with Gasteiger partial charge in [0.25, 0.3) is 0 Å². The summed E-state index contributed by atoms with van der Waals surface area (Å²) in [6.45, 7) is 1.59. The van der Waals surface area contributed by atoms with Crippen LogP contribution in [-0.2, 0) is 0 Å². The second-order valence-corrected chi connectivity index (χ2v) is 2.76. The van der Waals surface area contributed by atoms with E-state index in [4.69, 9.17) is 4.74 Å². The topological polar surface area (TPSA) is 21.3 Å². The van der Waals surface area contributed by atoms with Gasteiger partial charge in [-0.2, -0.15) is 0 Å². The van der Waals surface area contributed by atoms with E-state index in [2.05, 4.69) is 5.32 Å². The lowest BCUT2D eigenvalue weighted by Gasteiger charge is -2.04. The molecular formula is C10H14FNO. The molecule has 1 rings (SSSR count). The van der Waals surface area contributed by atoms with E-state index in [0.717, 1.165) is 18.7 Å². The third-order valence-electron chi connectivity index (χ3n) is 1.65. The predicted molar refractivity (Wildman–Crippen MR) is 50.4 cm³/mol. The molecule has 0 unspecified atom stereocenters. The highest BCUT2D eigenvalue weighted by Gasteiger charge is 1.93. The Labute approximate surface area is 77.7 Å². The van der Waals surface area contributed by atoms with Crippen molar-refractivity contribution in [3.05, 3.63) is 30.1 Å². The van der Waals surface area contributed by atoms with Crippen LogP contribution in [0.15, 0.2) is 24.3 Å². The second kappa shape index (κ2) is 5.54. The fraction of sp³-hybridized carbons (Fsp3) is 0.400. The molecule has 13 heavy (non-hydrogen) atoms. The normalized spacial score (nSPS) is 10.0. The molecule has 0 atom stereocenters. The molecule has 0 saturated heterocycles. The molecule has 0 fully saturated rings. The molecule has 0 aromatic heterocycles. The van der Waals surface area contributed by atoms with Crippen molar-refractivity contribution in [2.75, 3.05) is 20.2 Å². The zero-order valence-electron chi connectivity index (χ0n) is 7.72. The summed E-state index contributed by atoms with van der Waals surface area (Å²) < 4.78 is 17.8. The number of benzene rings is 1. The van der Waals surface area contributed by atoms with Crippen molar-refractivity contribution >= 4 is 0 Å². The molecule has 3 heteroatoms. The van der Waals surface area contributed by atoms with Crippen molar-refractivity contribution in [1.82, 2.24) is 5.32 Å². The lowest BCUT2D eigenvalue weighted by molar-refractivity contribution is 0.309. The molecule has 2 nitrogen and oxygen atoms in total. The molecule has 1 aromatic rings. The van der Waals surface area contributed by atoms with E-state index in [0.29, 0.717) is 6.61 Å². The Hall–Kier alpha value is -1.09. The Balaban J connectivity index is 2.25. The number of nitrogens with one attached hydrogen (secondary N) is 1. The molecule has 0 aliphatic carbocycles. The van der Waals surface area contributed by atoms with Gasteiger partial charge in [-0.05, 0) is 44.3 Å². The van der Waals surface area contributed by atoms with Gasteiger partial charge in [0, 0.05) is 0 Å². The van der Waals surface area contributed by atoms with Crippen LogP contribution in [0.4, 0.5) is 4.39 Å². The van der Waals surface area contributed by atoms with E-state index in [9.17, 15) is 4.39 Å². The van der Waals surface area contributed by atoms with Crippen molar-refractivity contribution in [1.29, 1.82) is 0 Å². The molecule has 0 aliphatic heterocycles. The standard InChI is InChI=1S/C10H14FNO/c1-12-7-2-8-13-10-5-3-9(11)4-6-10/h3-6,12H,2,7-8H2,1H3. The summed E-state index contributed by atoms with van der Waals surface area (Å²) in [6, 6.07) is 6.06. The van der Waals surface area contributed by atoms with E-state index in [-0.39, 0.29) is 5.82 Å². The lowest BCUT2D eigenvalue weighted by Crippen LogP contribution is -2.11. The number of rotatable bonds is 5. The van der Waals surface area contributed by atoms with Gasteiger partial charge >= 0.3 is 0 Å². The summed E-state index contributed by atoms with van der Waals surface area (Å²) >= 11 is 0. The van der Waals surface area contributed by atoms with Crippen LogP contribution in [-0.4, -0.2) is 20.2 Å². The highest BCUT2D eigenvalue weighted by molar-refractivity contribution is 5.21. The quantitative estimate of drug-likeness (QED) is 0.703. The monoisotopic (exact) mass is 183 g/mol. The van der Waals surface area contributed by atoms with Crippen LogP contribution in [0.2, 0.25) is 0 Å². The molecule has 0 amide bonds. The molecule has 0 radical (unpaired) electrons. The van der Waals surface area contributed by atoms with Gasteiger partial charge in [-0.25, -0.2) is 4.39 Å². The van der Waals surface area contributed by atoms with E-state index >= 15 is 0 Å². The van der Waals surface area contributed by atoms with Gasteiger partial charge in [0.1, 0.15) is 11.6 Å². The average molecular weight is 183 g/mol. The number of ether oxygens (including phenoxy) is 1. The fourth-order valence-corrected chi connectivity index (χ4v) is 0.970. The molecule has 0 heterocycles. The predicted octanol–water partition coefficient (Wildman–Crippen LogP) is 1.81. The summed E-state index contributed by atoms with van der Waals surface area (Å²) in [5.41, 5.74) is 0. The van der Waals surface area contributed by atoms with Crippen LogP contribution in [0.3, 0.4) is 0 Å². The molecule has 0 aliphatic rings. The molecule has 72 valence electrons. The Bertz CT molecular complexity index is 235. The highest BCUT2D eigenvalue weighted by atomic mass is 19.1. The zero-order chi connectivity index (χ0) is 9.52. The van der Waals surface area contributed by atoms with Gasteiger partial charge in [0.2, 0.25) is 0 Å². The average Bonchev–Trinajstić information content (AvgIpc) is 2.15. The van der Waals surface area contributed by atoms with Crippen molar-refractivity contribution in [3.63, 3.8) is 0 Å². The van der Waals surface area contributed by atoms with Crippen LogP contribution in [0.25, 0.3) is 0 Å². The molecule has 1 N–H and O–H groups in total. The SMILES string of the molecule is CNCCCOc1ccc(F)cc1. The minimum atomic E-state index is -0.234. The first-order valence-corrected chi connectivity index (χ1v) is 4.36. The second-order valence-electron chi connectivity index (χ2n) is 2.76. The van der Waals surface area contributed by atoms with Gasteiger partial charge in [-0.1, -0.05) is 0 Å². The summed E-state index contributed by atoms with van der Waals surface area (Å²) in [5, 5.41) is 3.02. The number of halogens is 1.